The van der Waals surface area contributed by atoms with Crippen LogP contribution in [-0.4, -0.2) is 39.6 Å². The lowest BCUT2D eigenvalue weighted by atomic mass is 10.1. The van der Waals surface area contributed by atoms with Crippen LogP contribution in [0.2, 0.25) is 0 Å². The fraction of sp³-hybridized carbons (Fsp3) is 0.222. The van der Waals surface area contributed by atoms with Gasteiger partial charge in [0.05, 0.1) is 24.3 Å². The molecule has 0 aliphatic heterocycles. The first-order chi connectivity index (χ1) is 17.0. The first-order valence-corrected chi connectivity index (χ1v) is 12.4. The van der Waals surface area contributed by atoms with Crippen LogP contribution in [0, 0.1) is 5.82 Å². The SMILES string of the molecule is CCCCN(CC(=O)Nc1cc(-c2ccccc2)nn1-c1ccc(F)cc1)C(=O)Cc1cccs1. The zero-order chi connectivity index (χ0) is 24.6. The summed E-state index contributed by atoms with van der Waals surface area (Å²) in [5, 5.41) is 9.50. The van der Waals surface area contributed by atoms with E-state index in [1.807, 2.05) is 54.8 Å². The maximum Gasteiger partial charge on any atom is 0.245 e. The van der Waals surface area contributed by atoms with Gasteiger partial charge in [0.15, 0.2) is 0 Å². The van der Waals surface area contributed by atoms with Crippen molar-refractivity contribution >= 4 is 29.0 Å². The first kappa shape index (κ1) is 24.3. The van der Waals surface area contributed by atoms with Crippen LogP contribution >= 0.6 is 11.3 Å². The number of hydrogen-bond donors (Lipinski definition) is 1. The molecule has 2 amide bonds. The average molecular weight is 491 g/mol. The van der Waals surface area contributed by atoms with Gasteiger partial charge in [-0.3, -0.25) is 9.59 Å². The highest BCUT2D eigenvalue weighted by Gasteiger charge is 2.20. The van der Waals surface area contributed by atoms with Crippen LogP contribution in [0.3, 0.4) is 0 Å². The lowest BCUT2D eigenvalue weighted by molar-refractivity contribution is -0.134. The Morgan fingerprint density at radius 3 is 2.51 bits per heavy atom. The number of rotatable bonds is 10. The standard InChI is InChI=1S/C27H27FN4O2S/c1-2-3-15-31(27(34)17-23-10-7-16-35-23)19-26(33)29-25-18-24(20-8-5-4-6-9-20)30-32(25)22-13-11-21(28)12-14-22/h4-14,16,18H,2-3,15,17,19H2,1H3,(H,29,33). The Kier molecular flexibility index (Phi) is 8.05. The van der Waals surface area contributed by atoms with E-state index in [4.69, 9.17) is 0 Å². The lowest BCUT2D eigenvalue weighted by Crippen LogP contribution is -2.39. The fourth-order valence-corrected chi connectivity index (χ4v) is 4.37. The molecule has 180 valence electrons. The number of hydrogen-bond acceptors (Lipinski definition) is 4. The first-order valence-electron chi connectivity index (χ1n) is 11.5. The van der Waals surface area contributed by atoms with Crippen LogP contribution in [0.1, 0.15) is 24.6 Å². The Balaban J connectivity index is 1.56. The number of nitrogens with one attached hydrogen (secondary N) is 1. The summed E-state index contributed by atoms with van der Waals surface area (Å²) in [5.74, 6) is -0.302. The highest BCUT2D eigenvalue weighted by atomic mass is 32.1. The van der Waals surface area contributed by atoms with Crippen molar-refractivity contribution in [3.05, 3.63) is 88.9 Å². The van der Waals surface area contributed by atoms with E-state index in [0.717, 1.165) is 23.3 Å². The summed E-state index contributed by atoms with van der Waals surface area (Å²) in [4.78, 5) is 28.6. The summed E-state index contributed by atoms with van der Waals surface area (Å²) in [6, 6.07) is 21.1. The highest BCUT2D eigenvalue weighted by molar-refractivity contribution is 7.10. The molecule has 0 atom stereocenters. The van der Waals surface area contributed by atoms with Gasteiger partial charge in [-0.05, 0) is 42.1 Å². The molecule has 2 heterocycles. The van der Waals surface area contributed by atoms with E-state index in [-0.39, 0.29) is 30.6 Å². The zero-order valence-electron chi connectivity index (χ0n) is 19.5. The van der Waals surface area contributed by atoms with Gasteiger partial charge < -0.3 is 10.2 Å². The molecule has 4 aromatic rings. The van der Waals surface area contributed by atoms with E-state index in [1.54, 1.807) is 27.8 Å². The van der Waals surface area contributed by atoms with E-state index >= 15 is 0 Å². The summed E-state index contributed by atoms with van der Waals surface area (Å²) in [7, 11) is 0. The number of halogens is 1. The monoisotopic (exact) mass is 490 g/mol. The van der Waals surface area contributed by atoms with Gasteiger partial charge in [-0.15, -0.1) is 11.3 Å². The molecule has 0 saturated heterocycles. The highest BCUT2D eigenvalue weighted by Crippen LogP contribution is 2.25. The summed E-state index contributed by atoms with van der Waals surface area (Å²) in [5.41, 5.74) is 2.17. The average Bonchev–Trinajstić information content (AvgIpc) is 3.53. The molecule has 4 rings (SSSR count). The van der Waals surface area contributed by atoms with Gasteiger partial charge in [0.1, 0.15) is 11.6 Å². The van der Waals surface area contributed by atoms with Crippen LogP contribution in [0.25, 0.3) is 16.9 Å². The van der Waals surface area contributed by atoms with Crippen LogP contribution in [-0.2, 0) is 16.0 Å². The normalized spacial score (nSPS) is 10.8. The summed E-state index contributed by atoms with van der Waals surface area (Å²) < 4.78 is 15.1. The Bertz CT molecular complexity index is 1250. The predicted octanol–water partition coefficient (Wildman–Crippen LogP) is 5.55. The predicted molar refractivity (Wildman–Crippen MR) is 137 cm³/mol. The van der Waals surface area contributed by atoms with Gasteiger partial charge in [0.25, 0.3) is 0 Å². The van der Waals surface area contributed by atoms with Crippen LogP contribution in [0.5, 0.6) is 0 Å². The second kappa shape index (κ2) is 11.6. The Morgan fingerprint density at radius 1 is 1.06 bits per heavy atom. The van der Waals surface area contributed by atoms with E-state index in [2.05, 4.69) is 10.4 Å². The van der Waals surface area contributed by atoms with Crippen LogP contribution in [0.15, 0.2) is 78.2 Å². The molecule has 0 bridgehead atoms. The third-order valence-corrected chi connectivity index (χ3v) is 6.37. The van der Waals surface area contributed by atoms with Crippen molar-refractivity contribution < 1.29 is 14.0 Å². The molecule has 0 saturated carbocycles. The smallest absolute Gasteiger partial charge is 0.245 e. The van der Waals surface area contributed by atoms with E-state index < -0.39 is 0 Å². The number of thiophene rings is 1. The van der Waals surface area contributed by atoms with E-state index in [1.165, 1.54) is 23.5 Å². The molecule has 1 N–H and O–H groups in total. The number of amides is 2. The van der Waals surface area contributed by atoms with Gasteiger partial charge in [0, 0.05) is 23.1 Å². The summed E-state index contributed by atoms with van der Waals surface area (Å²) >= 11 is 1.53. The van der Waals surface area contributed by atoms with Crippen LogP contribution in [0.4, 0.5) is 10.2 Å². The number of anilines is 1. The lowest BCUT2D eigenvalue weighted by Gasteiger charge is -2.22. The van der Waals surface area contributed by atoms with Crippen molar-refractivity contribution in [2.24, 2.45) is 0 Å². The van der Waals surface area contributed by atoms with Gasteiger partial charge in [-0.2, -0.15) is 5.10 Å². The molecule has 35 heavy (non-hydrogen) atoms. The zero-order valence-corrected chi connectivity index (χ0v) is 20.3. The molecule has 2 aromatic carbocycles. The van der Waals surface area contributed by atoms with Gasteiger partial charge in [0.2, 0.25) is 11.8 Å². The number of unbranched alkanes of at least 4 members (excludes halogenated alkanes) is 1. The van der Waals surface area contributed by atoms with Crippen molar-refractivity contribution in [2.75, 3.05) is 18.4 Å². The molecule has 2 aromatic heterocycles. The van der Waals surface area contributed by atoms with E-state index in [9.17, 15) is 14.0 Å². The van der Waals surface area contributed by atoms with Crippen molar-refractivity contribution in [3.8, 4) is 16.9 Å². The molecular formula is C27H27FN4O2S. The minimum absolute atomic E-state index is 0.0561. The third-order valence-electron chi connectivity index (χ3n) is 5.49. The van der Waals surface area contributed by atoms with Crippen molar-refractivity contribution in [1.29, 1.82) is 0 Å². The molecule has 8 heteroatoms. The topological polar surface area (TPSA) is 67.2 Å². The molecule has 0 radical (unpaired) electrons. The maximum absolute atomic E-state index is 13.5. The minimum atomic E-state index is -0.356. The third kappa shape index (κ3) is 6.42. The number of aromatic nitrogens is 2. The summed E-state index contributed by atoms with van der Waals surface area (Å²) in [6.45, 7) is 2.51. The number of carbonyl (C=O) groups excluding carboxylic acids is 2. The maximum atomic E-state index is 13.5. The minimum Gasteiger partial charge on any atom is -0.333 e. The van der Waals surface area contributed by atoms with Crippen LogP contribution < -0.4 is 5.32 Å². The molecule has 0 spiro atoms. The molecular weight excluding hydrogens is 463 g/mol. The number of carbonyl (C=O) groups is 2. The second-order valence-corrected chi connectivity index (χ2v) is 9.17. The number of benzene rings is 2. The Hall–Kier alpha value is -3.78. The van der Waals surface area contributed by atoms with Gasteiger partial charge >= 0.3 is 0 Å². The summed E-state index contributed by atoms with van der Waals surface area (Å²) in [6.07, 6.45) is 2.01. The molecule has 6 nitrogen and oxygen atoms in total. The van der Waals surface area contributed by atoms with Crippen molar-refractivity contribution in [2.45, 2.75) is 26.2 Å². The Labute approximate surface area is 208 Å². The second-order valence-electron chi connectivity index (χ2n) is 8.14. The molecule has 0 aliphatic carbocycles. The molecule has 0 unspecified atom stereocenters. The quantitative estimate of drug-likeness (QED) is 0.317. The van der Waals surface area contributed by atoms with Gasteiger partial charge in [-0.1, -0.05) is 49.7 Å². The largest absolute Gasteiger partial charge is 0.333 e. The molecule has 0 aliphatic rings. The molecule has 0 fully saturated rings. The van der Waals surface area contributed by atoms with Crippen molar-refractivity contribution in [3.63, 3.8) is 0 Å². The van der Waals surface area contributed by atoms with E-state index in [0.29, 0.717) is 23.7 Å². The fourth-order valence-electron chi connectivity index (χ4n) is 3.67. The van der Waals surface area contributed by atoms with Crippen molar-refractivity contribution in [1.82, 2.24) is 14.7 Å². The Morgan fingerprint density at radius 2 is 1.83 bits per heavy atom. The van der Waals surface area contributed by atoms with Gasteiger partial charge in [-0.25, -0.2) is 9.07 Å². The number of nitrogens with zero attached hydrogens (tertiary/aromatic N) is 3.